The van der Waals surface area contributed by atoms with Gasteiger partial charge in [-0.05, 0) is 34.1 Å². The Morgan fingerprint density at radius 3 is 2.67 bits per heavy atom. The molecule has 0 unspecified atom stereocenters. The molecule has 0 spiro atoms. The van der Waals surface area contributed by atoms with E-state index in [9.17, 15) is 0 Å². The van der Waals surface area contributed by atoms with Gasteiger partial charge in [0.25, 0.3) is 0 Å². The van der Waals surface area contributed by atoms with Crippen LogP contribution in [-0.4, -0.2) is 45.2 Å². The molecule has 1 aromatic heterocycles. The summed E-state index contributed by atoms with van der Waals surface area (Å²) >= 11 is 0. The molecule has 102 valence electrons. The highest BCUT2D eigenvalue weighted by Gasteiger charge is 2.36. The van der Waals surface area contributed by atoms with Crippen LogP contribution in [0.1, 0.15) is 34.1 Å². The first-order valence-corrected chi connectivity index (χ1v) is 6.85. The molecule has 0 amide bonds. The molecule has 1 aliphatic rings. The predicted octanol–water partition coefficient (Wildman–Crippen LogP) is 1.74. The quantitative estimate of drug-likeness (QED) is 0.883. The van der Waals surface area contributed by atoms with Gasteiger partial charge in [0.05, 0.1) is 6.33 Å². The molecule has 0 aromatic carbocycles. The van der Waals surface area contributed by atoms with Crippen molar-refractivity contribution in [2.45, 2.75) is 51.7 Å². The first kappa shape index (κ1) is 13.6. The van der Waals surface area contributed by atoms with Gasteiger partial charge in [-0.1, -0.05) is 0 Å². The van der Waals surface area contributed by atoms with Gasteiger partial charge in [0.1, 0.15) is 0 Å². The Morgan fingerprint density at radius 2 is 2.00 bits per heavy atom. The van der Waals surface area contributed by atoms with Crippen LogP contribution >= 0.6 is 0 Å². The predicted molar refractivity (Wildman–Crippen MR) is 74.6 cm³/mol. The van der Waals surface area contributed by atoms with E-state index >= 15 is 0 Å². The van der Waals surface area contributed by atoms with Gasteiger partial charge >= 0.3 is 0 Å². The lowest BCUT2D eigenvalue weighted by Crippen LogP contribution is -2.66. The fraction of sp³-hybridized carbons (Fsp3) is 0.786. The van der Waals surface area contributed by atoms with Crippen LogP contribution in [0, 0.1) is 0 Å². The van der Waals surface area contributed by atoms with Gasteiger partial charge < -0.3 is 9.88 Å². The molecule has 0 saturated carbocycles. The third-order valence-electron chi connectivity index (χ3n) is 3.85. The van der Waals surface area contributed by atoms with Crippen molar-refractivity contribution in [3.05, 3.63) is 18.7 Å². The molecule has 18 heavy (non-hydrogen) atoms. The van der Waals surface area contributed by atoms with Gasteiger partial charge in [-0.25, -0.2) is 4.98 Å². The van der Waals surface area contributed by atoms with Crippen molar-refractivity contribution in [2.75, 3.05) is 19.6 Å². The van der Waals surface area contributed by atoms with E-state index in [4.69, 9.17) is 0 Å². The van der Waals surface area contributed by atoms with Crippen molar-refractivity contribution >= 4 is 0 Å². The second kappa shape index (κ2) is 5.02. The largest absolute Gasteiger partial charge is 0.337 e. The molecule has 1 aromatic rings. The van der Waals surface area contributed by atoms with Crippen LogP contribution in [0.2, 0.25) is 0 Å². The summed E-state index contributed by atoms with van der Waals surface area (Å²) in [6.45, 7) is 13.6. The summed E-state index contributed by atoms with van der Waals surface area (Å²) in [5.74, 6) is 0. The SMILES string of the molecule is CC1(C)CN(CCCn2ccnc2)C(C)(C)CN1. The van der Waals surface area contributed by atoms with E-state index < -0.39 is 0 Å². The Kier molecular flexibility index (Phi) is 3.78. The molecule has 2 rings (SSSR count). The van der Waals surface area contributed by atoms with E-state index in [0.29, 0.717) is 0 Å². The number of nitrogens with zero attached hydrogens (tertiary/aromatic N) is 3. The van der Waals surface area contributed by atoms with Gasteiger partial charge in [0, 0.05) is 49.7 Å². The summed E-state index contributed by atoms with van der Waals surface area (Å²) < 4.78 is 2.15. The summed E-state index contributed by atoms with van der Waals surface area (Å²) in [4.78, 5) is 6.69. The fourth-order valence-electron chi connectivity index (χ4n) is 2.56. The smallest absolute Gasteiger partial charge is 0.0945 e. The third-order valence-corrected chi connectivity index (χ3v) is 3.85. The van der Waals surface area contributed by atoms with Crippen molar-refractivity contribution < 1.29 is 0 Å². The van der Waals surface area contributed by atoms with Crippen molar-refractivity contribution in [2.24, 2.45) is 0 Å². The maximum absolute atomic E-state index is 4.08. The highest BCUT2D eigenvalue weighted by atomic mass is 15.3. The molecule has 0 aliphatic carbocycles. The zero-order valence-electron chi connectivity index (χ0n) is 12.1. The molecular weight excluding hydrogens is 224 g/mol. The first-order chi connectivity index (χ1) is 8.39. The molecule has 2 heterocycles. The zero-order chi connectivity index (χ0) is 13.2. The summed E-state index contributed by atoms with van der Waals surface area (Å²) in [6.07, 6.45) is 6.95. The molecule has 1 N–H and O–H groups in total. The Labute approximate surface area is 110 Å². The van der Waals surface area contributed by atoms with Crippen molar-refractivity contribution in [1.82, 2.24) is 19.8 Å². The number of hydrogen-bond donors (Lipinski definition) is 1. The Morgan fingerprint density at radius 1 is 1.22 bits per heavy atom. The van der Waals surface area contributed by atoms with Crippen LogP contribution in [-0.2, 0) is 6.54 Å². The molecule has 1 saturated heterocycles. The maximum atomic E-state index is 4.08. The normalized spacial score (nSPS) is 23.1. The van der Waals surface area contributed by atoms with Crippen LogP contribution in [0.15, 0.2) is 18.7 Å². The molecule has 1 aliphatic heterocycles. The van der Waals surface area contributed by atoms with Crippen molar-refractivity contribution in [1.29, 1.82) is 0 Å². The minimum atomic E-state index is 0.227. The zero-order valence-corrected chi connectivity index (χ0v) is 12.1. The minimum Gasteiger partial charge on any atom is -0.337 e. The van der Waals surface area contributed by atoms with Crippen molar-refractivity contribution in [3.8, 4) is 0 Å². The number of rotatable bonds is 4. The molecule has 0 radical (unpaired) electrons. The monoisotopic (exact) mass is 250 g/mol. The average molecular weight is 250 g/mol. The number of piperazine rings is 1. The van der Waals surface area contributed by atoms with Crippen LogP contribution in [0.4, 0.5) is 0 Å². The van der Waals surface area contributed by atoms with Gasteiger partial charge in [0.2, 0.25) is 0 Å². The molecule has 1 fully saturated rings. The van der Waals surface area contributed by atoms with E-state index in [-0.39, 0.29) is 11.1 Å². The van der Waals surface area contributed by atoms with Crippen LogP contribution < -0.4 is 5.32 Å². The summed E-state index contributed by atoms with van der Waals surface area (Å²) in [5.41, 5.74) is 0.481. The Bertz CT molecular complexity index is 367. The molecule has 4 heteroatoms. The van der Waals surface area contributed by atoms with Crippen molar-refractivity contribution in [3.63, 3.8) is 0 Å². The van der Waals surface area contributed by atoms with E-state index in [2.05, 4.69) is 47.5 Å². The Balaban J connectivity index is 1.86. The highest BCUT2D eigenvalue weighted by Crippen LogP contribution is 2.23. The van der Waals surface area contributed by atoms with E-state index in [1.165, 1.54) is 6.42 Å². The lowest BCUT2D eigenvalue weighted by atomic mass is 9.91. The molecule has 0 atom stereocenters. The maximum Gasteiger partial charge on any atom is 0.0945 e. The summed E-state index contributed by atoms with van der Waals surface area (Å²) in [7, 11) is 0. The van der Waals surface area contributed by atoms with Crippen LogP contribution in [0.25, 0.3) is 0 Å². The number of hydrogen-bond acceptors (Lipinski definition) is 3. The lowest BCUT2D eigenvalue weighted by molar-refractivity contribution is 0.0375. The number of imidazole rings is 1. The lowest BCUT2D eigenvalue weighted by Gasteiger charge is -2.49. The van der Waals surface area contributed by atoms with E-state index in [0.717, 1.165) is 26.2 Å². The molecular formula is C14H26N4. The number of aromatic nitrogens is 2. The third kappa shape index (κ3) is 3.33. The second-order valence-corrected chi connectivity index (χ2v) is 6.63. The highest BCUT2D eigenvalue weighted by molar-refractivity contribution is 4.97. The number of nitrogens with one attached hydrogen (secondary N) is 1. The number of aryl methyl sites for hydroxylation is 1. The average Bonchev–Trinajstić information content (AvgIpc) is 2.77. The van der Waals surface area contributed by atoms with Gasteiger partial charge in [-0.15, -0.1) is 0 Å². The summed E-state index contributed by atoms with van der Waals surface area (Å²) in [5, 5.41) is 3.63. The molecule has 0 bridgehead atoms. The standard InChI is InChI=1S/C14H26N4/c1-13(2)11-18(14(3,4)10-16-13)8-5-7-17-9-6-15-12-17/h6,9,12,16H,5,7-8,10-11H2,1-4H3. The topological polar surface area (TPSA) is 33.1 Å². The van der Waals surface area contributed by atoms with Crippen LogP contribution in [0.3, 0.4) is 0 Å². The van der Waals surface area contributed by atoms with Gasteiger partial charge in [-0.3, -0.25) is 4.90 Å². The van der Waals surface area contributed by atoms with Crippen LogP contribution in [0.5, 0.6) is 0 Å². The fourth-order valence-corrected chi connectivity index (χ4v) is 2.56. The van der Waals surface area contributed by atoms with E-state index in [1.54, 1.807) is 0 Å². The van der Waals surface area contributed by atoms with Gasteiger partial charge in [0.15, 0.2) is 0 Å². The van der Waals surface area contributed by atoms with E-state index in [1.807, 2.05) is 18.7 Å². The molecule has 4 nitrogen and oxygen atoms in total. The Hall–Kier alpha value is -0.870. The van der Waals surface area contributed by atoms with Gasteiger partial charge in [-0.2, -0.15) is 0 Å². The first-order valence-electron chi connectivity index (χ1n) is 6.85. The minimum absolute atomic E-state index is 0.227. The second-order valence-electron chi connectivity index (χ2n) is 6.63. The summed E-state index contributed by atoms with van der Waals surface area (Å²) in [6, 6.07) is 0.